The SMILES string of the molecule is Cc1cc(C)nc(-c2cc(Cl)ccc2N)n1. The smallest absolute Gasteiger partial charge is 0.161 e. The average Bonchev–Trinajstić information content (AvgIpc) is 2.20. The third-order valence-corrected chi connectivity index (χ3v) is 2.47. The van der Waals surface area contributed by atoms with Crippen molar-refractivity contribution in [3.63, 3.8) is 0 Å². The Balaban J connectivity index is 2.62. The maximum absolute atomic E-state index is 5.94. The van der Waals surface area contributed by atoms with E-state index in [1.807, 2.05) is 19.9 Å². The number of halogens is 1. The summed E-state index contributed by atoms with van der Waals surface area (Å²) in [7, 11) is 0. The van der Waals surface area contributed by atoms with Gasteiger partial charge in [-0.25, -0.2) is 9.97 Å². The molecule has 3 nitrogen and oxygen atoms in total. The van der Waals surface area contributed by atoms with Crippen molar-refractivity contribution in [2.24, 2.45) is 0 Å². The highest BCUT2D eigenvalue weighted by molar-refractivity contribution is 6.31. The number of hydrogen-bond acceptors (Lipinski definition) is 3. The molecule has 0 aliphatic carbocycles. The van der Waals surface area contributed by atoms with E-state index < -0.39 is 0 Å². The van der Waals surface area contributed by atoms with Crippen LogP contribution in [0.4, 0.5) is 5.69 Å². The molecule has 16 heavy (non-hydrogen) atoms. The molecule has 82 valence electrons. The van der Waals surface area contributed by atoms with Crippen molar-refractivity contribution >= 4 is 17.3 Å². The molecule has 1 aromatic carbocycles. The molecule has 0 spiro atoms. The molecule has 0 bridgehead atoms. The molecule has 0 saturated heterocycles. The first-order chi connectivity index (χ1) is 7.56. The first kappa shape index (κ1) is 10.9. The largest absolute Gasteiger partial charge is 0.398 e. The third-order valence-electron chi connectivity index (χ3n) is 2.24. The summed E-state index contributed by atoms with van der Waals surface area (Å²) in [5, 5.41) is 0.631. The Labute approximate surface area is 99.3 Å². The highest BCUT2D eigenvalue weighted by atomic mass is 35.5. The number of nitrogen functional groups attached to an aromatic ring is 1. The van der Waals surface area contributed by atoms with E-state index in [4.69, 9.17) is 17.3 Å². The minimum absolute atomic E-state index is 0.623. The van der Waals surface area contributed by atoms with E-state index in [0.717, 1.165) is 17.0 Å². The average molecular weight is 234 g/mol. The van der Waals surface area contributed by atoms with Crippen molar-refractivity contribution in [1.82, 2.24) is 9.97 Å². The van der Waals surface area contributed by atoms with Gasteiger partial charge in [-0.15, -0.1) is 0 Å². The highest BCUT2D eigenvalue weighted by Gasteiger charge is 2.07. The second-order valence-corrected chi connectivity index (χ2v) is 4.14. The van der Waals surface area contributed by atoms with Crippen LogP contribution in [0.25, 0.3) is 11.4 Å². The summed E-state index contributed by atoms with van der Waals surface area (Å²) in [6.07, 6.45) is 0. The molecule has 0 fully saturated rings. The van der Waals surface area contributed by atoms with E-state index in [2.05, 4.69) is 9.97 Å². The van der Waals surface area contributed by atoms with Crippen LogP contribution in [0.3, 0.4) is 0 Å². The minimum atomic E-state index is 0.623. The Kier molecular flexibility index (Phi) is 2.79. The predicted molar refractivity (Wildman–Crippen MR) is 66.4 cm³/mol. The lowest BCUT2D eigenvalue weighted by Gasteiger charge is -2.06. The molecule has 0 saturated carbocycles. The minimum Gasteiger partial charge on any atom is -0.398 e. The van der Waals surface area contributed by atoms with Gasteiger partial charge in [0.05, 0.1) is 0 Å². The van der Waals surface area contributed by atoms with Crippen molar-refractivity contribution in [2.75, 3.05) is 5.73 Å². The molecule has 2 N–H and O–H groups in total. The Bertz CT molecular complexity index is 518. The number of hydrogen-bond donors (Lipinski definition) is 1. The van der Waals surface area contributed by atoms with Crippen LogP contribution < -0.4 is 5.73 Å². The normalized spacial score (nSPS) is 10.4. The number of nitrogens with zero attached hydrogens (tertiary/aromatic N) is 2. The van der Waals surface area contributed by atoms with Crippen LogP contribution in [0.1, 0.15) is 11.4 Å². The molecule has 2 aromatic rings. The number of nitrogens with two attached hydrogens (primary N) is 1. The monoisotopic (exact) mass is 233 g/mol. The Morgan fingerprint density at radius 1 is 1.06 bits per heavy atom. The number of aryl methyl sites for hydroxylation is 2. The molecule has 0 amide bonds. The quantitative estimate of drug-likeness (QED) is 0.771. The van der Waals surface area contributed by atoms with Gasteiger partial charge in [-0.1, -0.05) is 11.6 Å². The topological polar surface area (TPSA) is 51.8 Å². The fourth-order valence-corrected chi connectivity index (χ4v) is 1.74. The van der Waals surface area contributed by atoms with Gasteiger partial charge in [0.25, 0.3) is 0 Å². The fourth-order valence-electron chi connectivity index (χ4n) is 1.57. The van der Waals surface area contributed by atoms with Gasteiger partial charge in [-0.3, -0.25) is 0 Å². The maximum atomic E-state index is 5.94. The maximum Gasteiger partial charge on any atom is 0.161 e. The predicted octanol–water partition coefficient (Wildman–Crippen LogP) is 3.00. The van der Waals surface area contributed by atoms with Crippen LogP contribution in [-0.4, -0.2) is 9.97 Å². The molecule has 0 atom stereocenters. The van der Waals surface area contributed by atoms with Crippen LogP contribution in [0, 0.1) is 13.8 Å². The molecule has 1 heterocycles. The van der Waals surface area contributed by atoms with E-state index in [-0.39, 0.29) is 0 Å². The van der Waals surface area contributed by atoms with Gasteiger partial charge >= 0.3 is 0 Å². The van der Waals surface area contributed by atoms with Crippen LogP contribution >= 0.6 is 11.6 Å². The molecule has 0 aliphatic heterocycles. The van der Waals surface area contributed by atoms with Gasteiger partial charge in [0.15, 0.2) is 5.82 Å². The molecule has 4 heteroatoms. The van der Waals surface area contributed by atoms with Crippen molar-refractivity contribution < 1.29 is 0 Å². The molecule has 0 unspecified atom stereocenters. The van der Waals surface area contributed by atoms with Crippen LogP contribution in [0.5, 0.6) is 0 Å². The van der Waals surface area contributed by atoms with Gasteiger partial charge in [0.1, 0.15) is 0 Å². The fraction of sp³-hybridized carbons (Fsp3) is 0.167. The van der Waals surface area contributed by atoms with E-state index in [9.17, 15) is 0 Å². The molecule has 1 aromatic heterocycles. The zero-order chi connectivity index (χ0) is 11.7. The van der Waals surface area contributed by atoms with Crippen molar-refractivity contribution in [2.45, 2.75) is 13.8 Å². The van der Waals surface area contributed by atoms with E-state index in [0.29, 0.717) is 16.5 Å². The van der Waals surface area contributed by atoms with Gasteiger partial charge in [-0.2, -0.15) is 0 Å². The van der Waals surface area contributed by atoms with E-state index >= 15 is 0 Å². The van der Waals surface area contributed by atoms with Crippen molar-refractivity contribution in [3.8, 4) is 11.4 Å². The summed E-state index contributed by atoms with van der Waals surface area (Å²) < 4.78 is 0. The summed E-state index contributed by atoms with van der Waals surface area (Å²) in [4.78, 5) is 8.71. The second kappa shape index (κ2) is 4.10. The second-order valence-electron chi connectivity index (χ2n) is 3.71. The van der Waals surface area contributed by atoms with Gasteiger partial charge in [-0.05, 0) is 38.1 Å². The summed E-state index contributed by atoms with van der Waals surface area (Å²) >= 11 is 5.94. The highest BCUT2D eigenvalue weighted by Crippen LogP contribution is 2.26. The third kappa shape index (κ3) is 2.14. The molecular formula is C12H12ClN3. The summed E-state index contributed by atoms with van der Waals surface area (Å²) in [6.45, 7) is 3.86. The Morgan fingerprint density at radius 3 is 2.31 bits per heavy atom. The van der Waals surface area contributed by atoms with Crippen molar-refractivity contribution in [1.29, 1.82) is 0 Å². The Hall–Kier alpha value is -1.61. The summed E-state index contributed by atoms with van der Waals surface area (Å²) in [5.74, 6) is 0.623. The van der Waals surface area contributed by atoms with E-state index in [1.54, 1.807) is 18.2 Å². The van der Waals surface area contributed by atoms with Gasteiger partial charge in [0, 0.05) is 27.7 Å². The van der Waals surface area contributed by atoms with E-state index in [1.165, 1.54) is 0 Å². The molecular weight excluding hydrogens is 222 g/mol. The lowest BCUT2D eigenvalue weighted by Crippen LogP contribution is -1.97. The standard InChI is InChI=1S/C12H12ClN3/c1-7-5-8(2)16-12(15-7)10-6-9(13)3-4-11(10)14/h3-6H,14H2,1-2H3. The Morgan fingerprint density at radius 2 is 1.69 bits per heavy atom. The summed E-state index contributed by atoms with van der Waals surface area (Å²) in [6, 6.07) is 7.22. The zero-order valence-corrected chi connectivity index (χ0v) is 9.92. The number of benzene rings is 1. The lowest BCUT2D eigenvalue weighted by molar-refractivity contribution is 1.06. The zero-order valence-electron chi connectivity index (χ0n) is 9.16. The van der Waals surface area contributed by atoms with Gasteiger partial charge in [0.2, 0.25) is 0 Å². The number of aromatic nitrogens is 2. The van der Waals surface area contributed by atoms with Crippen LogP contribution in [0.15, 0.2) is 24.3 Å². The molecule has 0 radical (unpaired) electrons. The van der Waals surface area contributed by atoms with Crippen molar-refractivity contribution in [3.05, 3.63) is 40.7 Å². The molecule has 0 aliphatic rings. The van der Waals surface area contributed by atoms with Gasteiger partial charge < -0.3 is 5.73 Å². The van der Waals surface area contributed by atoms with Crippen LogP contribution in [-0.2, 0) is 0 Å². The number of anilines is 1. The number of rotatable bonds is 1. The van der Waals surface area contributed by atoms with Crippen LogP contribution in [0.2, 0.25) is 5.02 Å². The summed E-state index contributed by atoms with van der Waals surface area (Å²) in [5.41, 5.74) is 9.13. The molecule has 2 rings (SSSR count). The first-order valence-corrected chi connectivity index (χ1v) is 5.32. The first-order valence-electron chi connectivity index (χ1n) is 4.94. The lowest BCUT2D eigenvalue weighted by atomic mass is 10.1.